The van der Waals surface area contributed by atoms with Gasteiger partial charge in [0.15, 0.2) is 17.5 Å². The van der Waals surface area contributed by atoms with Crippen molar-refractivity contribution in [1.29, 1.82) is 0 Å². The molecule has 3 heterocycles. The van der Waals surface area contributed by atoms with Gasteiger partial charge in [0, 0.05) is 17.9 Å². The molecule has 1 atom stereocenters. The van der Waals surface area contributed by atoms with E-state index in [-0.39, 0.29) is 24.4 Å². The van der Waals surface area contributed by atoms with Gasteiger partial charge < -0.3 is 9.73 Å². The summed E-state index contributed by atoms with van der Waals surface area (Å²) in [6.07, 6.45) is 2.92. The van der Waals surface area contributed by atoms with Crippen LogP contribution in [0.15, 0.2) is 41.1 Å². The molecule has 0 bridgehead atoms. The minimum atomic E-state index is -1.55. The van der Waals surface area contributed by atoms with Gasteiger partial charge in [-0.15, -0.1) is 0 Å². The lowest BCUT2D eigenvalue weighted by atomic mass is 9.87. The standard InChI is InChI=1S/C17H12F3N3O2/c18-13-4-3-10(15(19)16(13)20)11-6-14(24)22-17-12(11)7-21-23(17)8-9-2-1-5-25-9/h1-5,7,11H,6,8H2,(H,22,24). The Bertz CT molecular complexity index is 950. The van der Waals surface area contributed by atoms with Crippen LogP contribution in [0.2, 0.25) is 0 Å². The van der Waals surface area contributed by atoms with E-state index in [0.29, 0.717) is 17.1 Å². The number of halogens is 3. The van der Waals surface area contributed by atoms with E-state index in [2.05, 4.69) is 10.4 Å². The van der Waals surface area contributed by atoms with Gasteiger partial charge >= 0.3 is 0 Å². The molecule has 1 aliphatic heterocycles. The fourth-order valence-electron chi connectivity index (χ4n) is 3.03. The number of nitrogens with one attached hydrogen (secondary N) is 1. The average Bonchev–Trinajstić information content (AvgIpc) is 3.23. The van der Waals surface area contributed by atoms with E-state index < -0.39 is 23.4 Å². The number of nitrogens with zero attached hydrogens (tertiary/aromatic N) is 2. The quantitative estimate of drug-likeness (QED) is 0.739. The van der Waals surface area contributed by atoms with E-state index in [0.717, 1.165) is 12.1 Å². The molecule has 4 rings (SSSR count). The number of aromatic nitrogens is 2. The first kappa shape index (κ1) is 15.5. The Kier molecular flexibility index (Phi) is 3.60. The summed E-state index contributed by atoms with van der Waals surface area (Å²) in [6, 6.07) is 5.49. The van der Waals surface area contributed by atoms with E-state index in [1.165, 1.54) is 17.1 Å². The zero-order chi connectivity index (χ0) is 17.6. The number of rotatable bonds is 3. The second-order valence-corrected chi connectivity index (χ2v) is 5.75. The summed E-state index contributed by atoms with van der Waals surface area (Å²) in [4.78, 5) is 12.1. The lowest BCUT2D eigenvalue weighted by Gasteiger charge is -2.24. The molecule has 0 fully saturated rings. The van der Waals surface area contributed by atoms with Crippen molar-refractivity contribution in [3.8, 4) is 0 Å². The maximum Gasteiger partial charge on any atom is 0.226 e. The predicted octanol–water partition coefficient (Wildman–Crippen LogP) is 3.42. The van der Waals surface area contributed by atoms with Crippen molar-refractivity contribution < 1.29 is 22.4 Å². The summed E-state index contributed by atoms with van der Waals surface area (Å²) in [6.45, 7) is 0.273. The molecular weight excluding hydrogens is 335 g/mol. The van der Waals surface area contributed by atoms with Gasteiger partial charge in [0.1, 0.15) is 18.1 Å². The van der Waals surface area contributed by atoms with Gasteiger partial charge in [0.25, 0.3) is 0 Å². The Hall–Kier alpha value is -3.03. The van der Waals surface area contributed by atoms with E-state index in [9.17, 15) is 18.0 Å². The maximum atomic E-state index is 14.2. The predicted molar refractivity (Wildman–Crippen MR) is 81.4 cm³/mol. The Balaban J connectivity index is 1.77. The molecule has 0 saturated heterocycles. The molecule has 1 amide bonds. The Labute approximate surface area is 140 Å². The van der Waals surface area contributed by atoms with Crippen LogP contribution in [0.4, 0.5) is 19.0 Å². The van der Waals surface area contributed by atoms with Gasteiger partial charge in [0.2, 0.25) is 5.91 Å². The average molecular weight is 347 g/mol. The fourth-order valence-corrected chi connectivity index (χ4v) is 3.03. The molecule has 0 spiro atoms. The number of carbonyl (C=O) groups excluding carboxylic acids is 1. The van der Waals surface area contributed by atoms with Gasteiger partial charge in [-0.25, -0.2) is 17.9 Å². The topological polar surface area (TPSA) is 60.1 Å². The molecule has 1 N–H and O–H groups in total. The summed E-state index contributed by atoms with van der Waals surface area (Å²) < 4.78 is 47.7. The molecule has 8 heteroatoms. The van der Waals surface area contributed by atoms with E-state index in [1.807, 2.05) is 0 Å². The first-order chi connectivity index (χ1) is 12.0. The number of benzene rings is 1. The molecule has 1 aromatic carbocycles. The van der Waals surface area contributed by atoms with Crippen molar-refractivity contribution in [3.05, 3.63) is 71.1 Å². The van der Waals surface area contributed by atoms with E-state index >= 15 is 0 Å². The van der Waals surface area contributed by atoms with Crippen LogP contribution in [0, 0.1) is 17.5 Å². The van der Waals surface area contributed by atoms with Crippen LogP contribution in [0.3, 0.4) is 0 Å². The molecular formula is C17H12F3N3O2. The molecule has 25 heavy (non-hydrogen) atoms. The molecule has 3 aromatic rings. The second kappa shape index (κ2) is 5.80. The first-order valence-electron chi connectivity index (χ1n) is 7.56. The third kappa shape index (κ3) is 2.59. The smallest absolute Gasteiger partial charge is 0.226 e. The SMILES string of the molecule is O=C1CC(c2ccc(F)c(F)c2F)c2cnn(Cc3ccco3)c2N1. The van der Waals surface area contributed by atoms with Crippen molar-refractivity contribution in [3.63, 3.8) is 0 Å². The number of hydrogen-bond acceptors (Lipinski definition) is 3. The third-order valence-electron chi connectivity index (χ3n) is 4.22. The molecule has 5 nitrogen and oxygen atoms in total. The highest BCUT2D eigenvalue weighted by molar-refractivity contribution is 5.94. The number of anilines is 1. The number of amides is 1. The van der Waals surface area contributed by atoms with Crippen LogP contribution in [0.25, 0.3) is 0 Å². The second-order valence-electron chi connectivity index (χ2n) is 5.75. The highest BCUT2D eigenvalue weighted by Gasteiger charge is 2.33. The minimum absolute atomic E-state index is 0.0763. The molecule has 0 aliphatic carbocycles. The van der Waals surface area contributed by atoms with Crippen LogP contribution >= 0.6 is 0 Å². The zero-order valence-electron chi connectivity index (χ0n) is 12.8. The Morgan fingerprint density at radius 1 is 1.20 bits per heavy atom. The highest BCUT2D eigenvalue weighted by atomic mass is 19.2. The van der Waals surface area contributed by atoms with Crippen molar-refractivity contribution in [2.75, 3.05) is 5.32 Å². The number of furan rings is 1. The van der Waals surface area contributed by atoms with Crippen LogP contribution in [0.1, 0.15) is 29.2 Å². The number of carbonyl (C=O) groups is 1. The summed E-state index contributed by atoms with van der Waals surface area (Å²) in [5.74, 6) is -4.19. The zero-order valence-corrected chi connectivity index (χ0v) is 12.8. The Morgan fingerprint density at radius 2 is 2.04 bits per heavy atom. The molecule has 1 unspecified atom stereocenters. The lowest BCUT2D eigenvalue weighted by molar-refractivity contribution is -0.116. The molecule has 2 aromatic heterocycles. The third-order valence-corrected chi connectivity index (χ3v) is 4.22. The van der Waals surface area contributed by atoms with Gasteiger partial charge in [-0.05, 0) is 23.8 Å². The fraction of sp³-hybridized carbons (Fsp3) is 0.176. The summed E-state index contributed by atoms with van der Waals surface area (Å²) in [5, 5.41) is 6.90. The summed E-state index contributed by atoms with van der Waals surface area (Å²) in [7, 11) is 0. The van der Waals surface area contributed by atoms with E-state index in [4.69, 9.17) is 4.42 Å². The molecule has 0 saturated carbocycles. The van der Waals surface area contributed by atoms with Crippen LogP contribution < -0.4 is 5.32 Å². The normalized spacial score (nSPS) is 16.6. The number of hydrogen-bond donors (Lipinski definition) is 1. The molecule has 1 aliphatic rings. The van der Waals surface area contributed by atoms with Crippen molar-refractivity contribution >= 4 is 11.7 Å². The lowest BCUT2D eigenvalue weighted by Crippen LogP contribution is -2.25. The van der Waals surface area contributed by atoms with Gasteiger partial charge in [-0.2, -0.15) is 5.10 Å². The van der Waals surface area contributed by atoms with Crippen molar-refractivity contribution in [2.45, 2.75) is 18.9 Å². The Morgan fingerprint density at radius 3 is 2.80 bits per heavy atom. The molecule has 0 radical (unpaired) electrons. The van der Waals surface area contributed by atoms with Crippen LogP contribution in [-0.4, -0.2) is 15.7 Å². The van der Waals surface area contributed by atoms with Gasteiger partial charge in [0.05, 0.1) is 12.5 Å². The largest absolute Gasteiger partial charge is 0.467 e. The first-order valence-corrected chi connectivity index (χ1v) is 7.56. The monoisotopic (exact) mass is 347 g/mol. The summed E-state index contributed by atoms with van der Waals surface area (Å²) >= 11 is 0. The van der Waals surface area contributed by atoms with Crippen molar-refractivity contribution in [1.82, 2.24) is 9.78 Å². The van der Waals surface area contributed by atoms with Crippen LogP contribution in [-0.2, 0) is 11.3 Å². The number of fused-ring (bicyclic) bond motifs is 1. The van der Waals surface area contributed by atoms with Gasteiger partial charge in [-0.1, -0.05) is 6.07 Å². The minimum Gasteiger partial charge on any atom is -0.467 e. The maximum absolute atomic E-state index is 14.2. The highest BCUT2D eigenvalue weighted by Crippen LogP contribution is 2.38. The van der Waals surface area contributed by atoms with Crippen molar-refractivity contribution in [2.24, 2.45) is 0 Å². The van der Waals surface area contributed by atoms with E-state index in [1.54, 1.807) is 12.1 Å². The van der Waals surface area contributed by atoms with Crippen LogP contribution in [0.5, 0.6) is 0 Å². The van der Waals surface area contributed by atoms with Gasteiger partial charge in [-0.3, -0.25) is 4.79 Å². The summed E-state index contributed by atoms with van der Waals surface area (Å²) in [5.41, 5.74) is 0.462. The molecule has 128 valence electrons.